The first-order valence-electron chi connectivity index (χ1n) is 6.23. The van der Waals surface area contributed by atoms with Gasteiger partial charge in [0.2, 0.25) is 0 Å². The maximum absolute atomic E-state index is 10.6. The third-order valence-electron chi connectivity index (χ3n) is 3.02. The van der Waals surface area contributed by atoms with Crippen molar-refractivity contribution in [2.75, 3.05) is 0 Å². The van der Waals surface area contributed by atoms with Crippen LogP contribution in [-0.4, -0.2) is 11.1 Å². The predicted molar refractivity (Wildman–Crippen MR) is 77.5 cm³/mol. The average Bonchev–Trinajstić information content (AvgIpc) is 2.41. The average molecular weight is 275 g/mol. The molecule has 3 heteroatoms. The summed E-state index contributed by atoms with van der Waals surface area (Å²) >= 11 is 6.25. The van der Waals surface area contributed by atoms with E-state index in [2.05, 4.69) is 0 Å². The van der Waals surface area contributed by atoms with Crippen molar-refractivity contribution in [3.63, 3.8) is 0 Å². The number of hydrogen-bond donors (Lipinski definition) is 1. The molecule has 1 N–H and O–H groups in total. The van der Waals surface area contributed by atoms with E-state index < -0.39 is 5.97 Å². The zero-order chi connectivity index (χ0) is 13.7. The molecule has 2 aromatic rings. The van der Waals surface area contributed by atoms with E-state index in [4.69, 9.17) is 16.7 Å². The number of rotatable bonds is 5. The molecule has 0 radical (unpaired) electrons. The van der Waals surface area contributed by atoms with Gasteiger partial charge in [0.25, 0.3) is 0 Å². The molecule has 0 aliphatic heterocycles. The summed E-state index contributed by atoms with van der Waals surface area (Å²) in [5.74, 6) is -0.770. The minimum atomic E-state index is -0.770. The van der Waals surface area contributed by atoms with Gasteiger partial charge < -0.3 is 5.11 Å². The molecule has 0 saturated heterocycles. The predicted octanol–water partition coefficient (Wildman–Crippen LogP) is 4.41. The van der Waals surface area contributed by atoms with E-state index in [1.54, 1.807) is 0 Å². The smallest absolute Gasteiger partial charge is 0.303 e. The van der Waals surface area contributed by atoms with Gasteiger partial charge in [-0.15, -0.1) is 0 Å². The van der Waals surface area contributed by atoms with Gasteiger partial charge in [0.05, 0.1) is 0 Å². The number of carboxylic acid groups (broad SMARTS) is 1. The van der Waals surface area contributed by atoms with E-state index in [1.165, 1.54) is 0 Å². The first-order chi connectivity index (χ1) is 9.18. The van der Waals surface area contributed by atoms with E-state index >= 15 is 0 Å². The Labute approximate surface area is 117 Å². The maximum atomic E-state index is 10.6. The molecular weight excluding hydrogens is 260 g/mol. The lowest BCUT2D eigenvalue weighted by Crippen LogP contribution is -1.98. The minimum absolute atomic E-state index is 0.166. The second-order valence-corrected chi connectivity index (χ2v) is 4.79. The number of aliphatic carboxylic acids is 1. The number of hydrogen-bond acceptors (Lipinski definition) is 1. The van der Waals surface area contributed by atoms with Crippen molar-refractivity contribution in [3.8, 4) is 11.1 Å². The van der Waals surface area contributed by atoms with Crippen LogP contribution in [0.25, 0.3) is 11.1 Å². The lowest BCUT2D eigenvalue weighted by molar-refractivity contribution is -0.137. The zero-order valence-electron chi connectivity index (χ0n) is 10.5. The Morgan fingerprint density at radius 3 is 2.47 bits per heavy atom. The molecule has 0 fully saturated rings. The van der Waals surface area contributed by atoms with Crippen LogP contribution in [0.15, 0.2) is 48.5 Å². The molecule has 0 bridgehead atoms. The van der Waals surface area contributed by atoms with Crippen LogP contribution in [0.3, 0.4) is 0 Å². The highest BCUT2D eigenvalue weighted by Crippen LogP contribution is 2.30. The maximum Gasteiger partial charge on any atom is 0.303 e. The molecule has 0 unspecified atom stereocenters. The monoisotopic (exact) mass is 274 g/mol. The number of carboxylic acids is 1. The first kappa shape index (κ1) is 13.6. The Kier molecular flexibility index (Phi) is 4.58. The molecule has 0 aromatic heterocycles. The second kappa shape index (κ2) is 6.39. The van der Waals surface area contributed by atoms with Crippen molar-refractivity contribution in [1.82, 2.24) is 0 Å². The van der Waals surface area contributed by atoms with Crippen LogP contribution in [-0.2, 0) is 11.2 Å². The fourth-order valence-electron chi connectivity index (χ4n) is 2.12. The highest BCUT2D eigenvalue weighted by atomic mass is 35.5. The number of carbonyl (C=O) groups is 1. The van der Waals surface area contributed by atoms with Gasteiger partial charge in [-0.2, -0.15) is 0 Å². The van der Waals surface area contributed by atoms with Crippen LogP contribution < -0.4 is 0 Å². The van der Waals surface area contributed by atoms with Gasteiger partial charge in [-0.3, -0.25) is 4.79 Å². The van der Waals surface area contributed by atoms with Crippen molar-refractivity contribution in [3.05, 3.63) is 59.1 Å². The minimum Gasteiger partial charge on any atom is -0.481 e. The molecule has 98 valence electrons. The third kappa shape index (κ3) is 3.58. The topological polar surface area (TPSA) is 37.3 Å². The van der Waals surface area contributed by atoms with Crippen LogP contribution in [0.4, 0.5) is 0 Å². The quantitative estimate of drug-likeness (QED) is 0.877. The van der Waals surface area contributed by atoms with E-state index in [-0.39, 0.29) is 6.42 Å². The summed E-state index contributed by atoms with van der Waals surface area (Å²) in [5, 5.41) is 9.41. The van der Waals surface area contributed by atoms with E-state index in [9.17, 15) is 4.79 Å². The molecule has 0 spiro atoms. The summed E-state index contributed by atoms with van der Waals surface area (Å²) < 4.78 is 0. The molecule has 0 aliphatic carbocycles. The fourth-order valence-corrected chi connectivity index (χ4v) is 2.39. The van der Waals surface area contributed by atoms with Gasteiger partial charge in [-0.1, -0.05) is 54.1 Å². The van der Waals surface area contributed by atoms with Crippen molar-refractivity contribution < 1.29 is 9.90 Å². The Hall–Kier alpha value is -1.80. The highest BCUT2D eigenvalue weighted by Gasteiger charge is 2.09. The fraction of sp³-hybridized carbons (Fsp3) is 0.188. The summed E-state index contributed by atoms with van der Waals surface area (Å²) in [4.78, 5) is 10.6. The molecule has 0 amide bonds. The summed E-state index contributed by atoms with van der Waals surface area (Å²) in [5.41, 5.74) is 3.21. The molecule has 0 aliphatic rings. The normalized spacial score (nSPS) is 10.4. The van der Waals surface area contributed by atoms with Crippen molar-refractivity contribution >= 4 is 17.6 Å². The van der Waals surface area contributed by atoms with Crippen LogP contribution >= 0.6 is 11.6 Å². The molecule has 0 heterocycles. The van der Waals surface area contributed by atoms with Crippen LogP contribution in [0.1, 0.15) is 18.4 Å². The Balaban J connectivity index is 2.29. The van der Waals surface area contributed by atoms with Gasteiger partial charge >= 0.3 is 5.97 Å². The van der Waals surface area contributed by atoms with Crippen molar-refractivity contribution in [2.24, 2.45) is 0 Å². The van der Waals surface area contributed by atoms with Gasteiger partial charge in [0, 0.05) is 11.4 Å². The molecule has 2 rings (SSSR count). The lowest BCUT2D eigenvalue weighted by Gasteiger charge is -2.11. The van der Waals surface area contributed by atoms with Crippen molar-refractivity contribution in [1.29, 1.82) is 0 Å². The lowest BCUT2D eigenvalue weighted by atomic mass is 9.96. The van der Waals surface area contributed by atoms with Crippen LogP contribution in [0.2, 0.25) is 5.02 Å². The summed E-state index contributed by atoms with van der Waals surface area (Å²) in [6.07, 6.45) is 1.44. The Morgan fingerprint density at radius 1 is 1.05 bits per heavy atom. The van der Waals surface area contributed by atoms with Crippen molar-refractivity contribution in [2.45, 2.75) is 19.3 Å². The van der Waals surface area contributed by atoms with Gasteiger partial charge in [0.1, 0.15) is 0 Å². The highest BCUT2D eigenvalue weighted by molar-refractivity contribution is 6.31. The molecule has 0 saturated carbocycles. The number of halogens is 1. The SMILES string of the molecule is O=C(O)CCCc1c(Cl)cccc1-c1ccccc1. The summed E-state index contributed by atoms with van der Waals surface area (Å²) in [6.45, 7) is 0. The molecule has 2 nitrogen and oxygen atoms in total. The summed E-state index contributed by atoms with van der Waals surface area (Å²) in [6, 6.07) is 15.8. The van der Waals surface area contributed by atoms with Crippen LogP contribution in [0.5, 0.6) is 0 Å². The summed E-state index contributed by atoms with van der Waals surface area (Å²) in [7, 11) is 0. The van der Waals surface area contributed by atoms with Gasteiger partial charge in [-0.05, 0) is 35.6 Å². The number of benzene rings is 2. The molecule has 2 aromatic carbocycles. The van der Waals surface area contributed by atoms with E-state index in [0.717, 1.165) is 16.7 Å². The zero-order valence-corrected chi connectivity index (χ0v) is 11.2. The second-order valence-electron chi connectivity index (χ2n) is 4.38. The molecule has 19 heavy (non-hydrogen) atoms. The van der Waals surface area contributed by atoms with Crippen LogP contribution in [0, 0.1) is 0 Å². The Bertz CT molecular complexity index is 564. The molecular formula is C16H15ClO2. The van der Waals surface area contributed by atoms with Gasteiger partial charge in [0.15, 0.2) is 0 Å². The Morgan fingerprint density at radius 2 is 1.79 bits per heavy atom. The third-order valence-corrected chi connectivity index (χ3v) is 3.38. The molecule has 0 atom stereocenters. The van der Waals surface area contributed by atoms with E-state index in [0.29, 0.717) is 17.9 Å². The standard InChI is InChI=1S/C16H15ClO2/c17-15-10-4-8-13(12-6-2-1-3-7-12)14(15)9-5-11-16(18)19/h1-4,6-8,10H,5,9,11H2,(H,18,19). The first-order valence-corrected chi connectivity index (χ1v) is 6.61. The van der Waals surface area contributed by atoms with Gasteiger partial charge in [-0.25, -0.2) is 0 Å². The van der Waals surface area contributed by atoms with E-state index in [1.807, 2.05) is 48.5 Å². The largest absolute Gasteiger partial charge is 0.481 e.